The summed E-state index contributed by atoms with van der Waals surface area (Å²) in [6.07, 6.45) is 0.599. The van der Waals surface area contributed by atoms with Crippen molar-refractivity contribution in [3.8, 4) is 11.8 Å². The molecule has 0 atom stereocenters. The van der Waals surface area contributed by atoms with Gasteiger partial charge in [-0.3, -0.25) is 0 Å². The summed E-state index contributed by atoms with van der Waals surface area (Å²) >= 11 is 0. The van der Waals surface area contributed by atoms with Crippen LogP contribution in [0.3, 0.4) is 0 Å². The minimum absolute atomic E-state index is 0.190. The highest BCUT2D eigenvalue weighted by molar-refractivity contribution is 5.17. The van der Waals surface area contributed by atoms with Crippen LogP contribution in [0.2, 0.25) is 0 Å². The van der Waals surface area contributed by atoms with Gasteiger partial charge in [-0.05, 0) is 0 Å². The van der Waals surface area contributed by atoms with Crippen LogP contribution in [0.5, 0.6) is 11.8 Å². The van der Waals surface area contributed by atoms with Crippen LogP contribution in [0.1, 0.15) is 12.7 Å². The van der Waals surface area contributed by atoms with Gasteiger partial charge >= 0.3 is 0 Å². The second kappa shape index (κ2) is 2.51. The zero-order valence-electron chi connectivity index (χ0n) is 5.57. The van der Waals surface area contributed by atoms with Gasteiger partial charge in [-0.2, -0.15) is 9.97 Å². The van der Waals surface area contributed by atoms with Crippen molar-refractivity contribution in [1.29, 1.82) is 0 Å². The van der Waals surface area contributed by atoms with Gasteiger partial charge in [-0.1, -0.05) is 6.92 Å². The second-order valence-electron chi connectivity index (χ2n) is 1.85. The maximum Gasteiger partial charge on any atom is 0.217 e. The molecule has 4 nitrogen and oxygen atoms in total. The standard InChI is InChI=1S/C6H8N2O2/c1-2-4-7-5(9)3-6(10)8-4/h3H,2H2,1H3,(H2,7,8,9,10). The maximum absolute atomic E-state index is 8.81. The Morgan fingerprint density at radius 3 is 2.20 bits per heavy atom. The average Bonchev–Trinajstić information content (AvgIpc) is 1.85. The van der Waals surface area contributed by atoms with E-state index in [9.17, 15) is 0 Å². The van der Waals surface area contributed by atoms with E-state index in [0.717, 1.165) is 6.07 Å². The molecular formula is C6H8N2O2. The first kappa shape index (κ1) is 6.80. The van der Waals surface area contributed by atoms with Crippen molar-refractivity contribution in [3.63, 3.8) is 0 Å². The van der Waals surface area contributed by atoms with Crippen LogP contribution in [0.4, 0.5) is 0 Å². The van der Waals surface area contributed by atoms with Crippen LogP contribution in [0, 0.1) is 0 Å². The smallest absolute Gasteiger partial charge is 0.217 e. The van der Waals surface area contributed by atoms with E-state index in [0.29, 0.717) is 12.2 Å². The highest BCUT2D eigenvalue weighted by atomic mass is 16.3. The average molecular weight is 140 g/mol. The number of aromatic nitrogens is 2. The zero-order valence-corrected chi connectivity index (χ0v) is 5.57. The Morgan fingerprint density at radius 2 is 1.80 bits per heavy atom. The molecule has 54 valence electrons. The number of aromatic hydroxyl groups is 2. The Morgan fingerprint density at radius 1 is 1.30 bits per heavy atom. The van der Waals surface area contributed by atoms with Gasteiger partial charge in [0.2, 0.25) is 11.8 Å². The maximum atomic E-state index is 8.81. The van der Waals surface area contributed by atoms with Crippen molar-refractivity contribution in [1.82, 2.24) is 9.97 Å². The fourth-order valence-electron chi connectivity index (χ4n) is 0.628. The molecule has 0 saturated carbocycles. The van der Waals surface area contributed by atoms with E-state index in [-0.39, 0.29) is 11.8 Å². The van der Waals surface area contributed by atoms with Crippen LogP contribution >= 0.6 is 0 Å². The Labute approximate surface area is 58.2 Å². The van der Waals surface area contributed by atoms with Gasteiger partial charge in [0, 0.05) is 6.42 Å². The van der Waals surface area contributed by atoms with Gasteiger partial charge in [0.15, 0.2) is 0 Å². The minimum atomic E-state index is -0.190. The van der Waals surface area contributed by atoms with E-state index in [1.54, 1.807) is 0 Å². The summed E-state index contributed by atoms with van der Waals surface area (Å²) in [4.78, 5) is 7.27. The Hall–Kier alpha value is -1.32. The number of nitrogens with zero attached hydrogens (tertiary/aromatic N) is 2. The topological polar surface area (TPSA) is 66.2 Å². The third-order valence-electron chi connectivity index (χ3n) is 1.06. The summed E-state index contributed by atoms with van der Waals surface area (Å²) < 4.78 is 0. The number of rotatable bonds is 1. The fraction of sp³-hybridized carbons (Fsp3) is 0.333. The van der Waals surface area contributed by atoms with Gasteiger partial charge < -0.3 is 10.2 Å². The molecule has 0 radical (unpaired) electrons. The van der Waals surface area contributed by atoms with Crippen molar-refractivity contribution in [2.75, 3.05) is 0 Å². The van der Waals surface area contributed by atoms with Crippen molar-refractivity contribution in [2.45, 2.75) is 13.3 Å². The van der Waals surface area contributed by atoms with Gasteiger partial charge in [0.05, 0.1) is 6.07 Å². The highest BCUT2D eigenvalue weighted by Crippen LogP contribution is 2.11. The van der Waals surface area contributed by atoms with Crippen LogP contribution in [-0.4, -0.2) is 20.2 Å². The molecule has 1 rings (SSSR count). The summed E-state index contributed by atoms with van der Waals surface area (Å²) in [6, 6.07) is 1.10. The Bertz CT molecular complexity index is 217. The molecule has 1 aromatic heterocycles. The molecule has 1 heterocycles. The highest BCUT2D eigenvalue weighted by Gasteiger charge is 1.98. The normalized spacial score (nSPS) is 9.70. The first-order valence-electron chi connectivity index (χ1n) is 2.98. The molecule has 0 bridgehead atoms. The molecule has 0 aliphatic carbocycles. The summed E-state index contributed by atoms with van der Waals surface area (Å²) in [5.41, 5.74) is 0. The molecule has 0 unspecified atom stereocenters. The minimum Gasteiger partial charge on any atom is -0.493 e. The van der Waals surface area contributed by atoms with E-state index in [1.165, 1.54) is 0 Å². The predicted octanol–water partition coefficient (Wildman–Crippen LogP) is 0.450. The van der Waals surface area contributed by atoms with Gasteiger partial charge in [-0.15, -0.1) is 0 Å². The van der Waals surface area contributed by atoms with Gasteiger partial charge in [0.25, 0.3) is 0 Å². The zero-order chi connectivity index (χ0) is 7.56. The van der Waals surface area contributed by atoms with Crippen LogP contribution in [0.15, 0.2) is 6.07 Å². The molecule has 0 fully saturated rings. The van der Waals surface area contributed by atoms with Crippen LogP contribution in [0.25, 0.3) is 0 Å². The third kappa shape index (κ3) is 1.34. The molecule has 10 heavy (non-hydrogen) atoms. The third-order valence-corrected chi connectivity index (χ3v) is 1.06. The van der Waals surface area contributed by atoms with Crippen molar-refractivity contribution in [2.24, 2.45) is 0 Å². The second-order valence-corrected chi connectivity index (χ2v) is 1.85. The lowest BCUT2D eigenvalue weighted by Gasteiger charge is -1.96. The number of hydrogen-bond acceptors (Lipinski definition) is 4. The van der Waals surface area contributed by atoms with Gasteiger partial charge in [0.1, 0.15) is 5.82 Å². The van der Waals surface area contributed by atoms with E-state index in [1.807, 2.05) is 6.92 Å². The molecule has 0 aliphatic rings. The summed E-state index contributed by atoms with van der Waals surface area (Å²) in [7, 11) is 0. The molecule has 0 aromatic carbocycles. The van der Waals surface area contributed by atoms with Crippen molar-refractivity contribution < 1.29 is 10.2 Å². The molecule has 0 spiro atoms. The lowest BCUT2D eigenvalue weighted by Crippen LogP contribution is -1.90. The van der Waals surface area contributed by atoms with Crippen LogP contribution in [-0.2, 0) is 6.42 Å². The quantitative estimate of drug-likeness (QED) is 0.594. The molecule has 0 aliphatic heterocycles. The molecule has 4 heteroatoms. The van der Waals surface area contributed by atoms with E-state index in [2.05, 4.69) is 9.97 Å². The molecule has 2 N–H and O–H groups in total. The molecular weight excluding hydrogens is 132 g/mol. The summed E-state index contributed by atoms with van der Waals surface area (Å²) in [6.45, 7) is 1.84. The largest absolute Gasteiger partial charge is 0.493 e. The lowest BCUT2D eigenvalue weighted by atomic mass is 10.4. The van der Waals surface area contributed by atoms with E-state index in [4.69, 9.17) is 10.2 Å². The molecule has 0 saturated heterocycles. The SMILES string of the molecule is CCc1nc(O)cc(O)n1. The van der Waals surface area contributed by atoms with Crippen molar-refractivity contribution >= 4 is 0 Å². The molecule has 1 aromatic rings. The van der Waals surface area contributed by atoms with E-state index >= 15 is 0 Å². The predicted molar refractivity (Wildman–Crippen MR) is 34.7 cm³/mol. The Balaban J connectivity index is 3.06. The van der Waals surface area contributed by atoms with Crippen molar-refractivity contribution in [3.05, 3.63) is 11.9 Å². The lowest BCUT2D eigenvalue weighted by molar-refractivity contribution is 0.417. The number of aryl methyl sites for hydroxylation is 1. The summed E-state index contributed by atoms with van der Waals surface area (Å²) in [5.74, 6) is 0.0613. The fourth-order valence-corrected chi connectivity index (χ4v) is 0.628. The number of hydrogen-bond donors (Lipinski definition) is 2. The molecule has 0 amide bonds. The van der Waals surface area contributed by atoms with Crippen LogP contribution < -0.4 is 0 Å². The first-order valence-corrected chi connectivity index (χ1v) is 2.98. The van der Waals surface area contributed by atoms with Gasteiger partial charge in [-0.25, -0.2) is 0 Å². The van der Waals surface area contributed by atoms with E-state index < -0.39 is 0 Å². The first-order chi connectivity index (χ1) is 4.72. The summed E-state index contributed by atoms with van der Waals surface area (Å²) in [5, 5.41) is 17.6. The Kier molecular flexibility index (Phi) is 1.71. The monoisotopic (exact) mass is 140 g/mol.